The van der Waals surface area contributed by atoms with E-state index in [1.165, 1.54) is 6.07 Å². The molecule has 94 valence electrons. The molecule has 0 heterocycles. The fraction of sp³-hybridized carbons (Fsp3) is 0.462. The summed E-state index contributed by atoms with van der Waals surface area (Å²) in [5.41, 5.74) is 1.28. The fourth-order valence-corrected chi connectivity index (χ4v) is 2.20. The van der Waals surface area contributed by atoms with Gasteiger partial charge in [-0.1, -0.05) is 13.0 Å². The highest BCUT2D eigenvalue weighted by molar-refractivity contribution is 7.98. The quantitative estimate of drug-likeness (QED) is 0.848. The monoisotopic (exact) mass is 253 g/mol. The molecule has 1 aromatic rings. The Hall–Kier alpha value is -1.16. The van der Waals surface area contributed by atoms with Crippen LogP contribution in [0.25, 0.3) is 0 Å². The van der Waals surface area contributed by atoms with Crippen LogP contribution < -0.4 is 5.32 Å². The zero-order valence-electron chi connectivity index (χ0n) is 10.5. The van der Waals surface area contributed by atoms with Crippen molar-refractivity contribution < 1.29 is 9.90 Å². The number of thioether (sulfide) groups is 1. The van der Waals surface area contributed by atoms with Gasteiger partial charge in [-0.3, -0.25) is 4.79 Å². The van der Waals surface area contributed by atoms with E-state index in [0.29, 0.717) is 5.56 Å². The van der Waals surface area contributed by atoms with E-state index in [1.807, 2.05) is 13.2 Å². The Kier molecular flexibility index (Phi) is 5.35. The standard InChI is InChI=1S/C13H19NO2S/c1-4-11(8-17-3)14-13(16)10-6-5-9(2)12(15)7-10/h5-7,11,15H,4,8H2,1-3H3,(H,14,16). The predicted molar refractivity (Wildman–Crippen MR) is 72.8 cm³/mol. The van der Waals surface area contributed by atoms with Crippen molar-refractivity contribution in [1.29, 1.82) is 0 Å². The van der Waals surface area contributed by atoms with Gasteiger partial charge in [0.2, 0.25) is 0 Å². The van der Waals surface area contributed by atoms with Crippen molar-refractivity contribution in [2.24, 2.45) is 0 Å². The molecule has 3 nitrogen and oxygen atoms in total. The molecule has 1 atom stereocenters. The Labute approximate surface area is 107 Å². The van der Waals surface area contributed by atoms with Gasteiger partial charge in [0.25, 0.3) is 5.91 Å². The molecule has 1 rings (SSSR count). The summed E-state index contributed by atoms with van der Waals surface area (Å²) in [6.07, 6.45) is 2.93. The third kappa shape index (κ3) is 3.97. The Morgan fingerprint density at radius 2 is 2.24 bits per heavy atom. The first kappa shape index (κ1) is 13.9. The summed E-state index contributed by atoms with van der Waals surface area (Å²) < 4.78 is 0. The minimum absolute atomic E-state index is 0.124. The summed E-state index contributed by atoms with van der Waals surface area (Å²) in [4.78, 5) is 11.9. The van der Waals surface area contributed by atoms with E-state index >= 15 is 0 Å². The second-order valence-corrected chi connectivity index (χ2v) is 4.95. The van der Waals surface area contributed by atoms with Gasteiger partial charge in [0.15, 0.2) is 0 Å². The molecule has 0 fully saturated rings. The average molecular weight is 253 g/mol. The van der Waals surface area contributed by atoms with Crippen LogP contribution in [0.3, 0.4) is 0 Å². The van der Waals surface area contributed by atoms with Gasteiger partial charge in [0.1, 0.15) is 5.75 Å². The lowest BCUT2D eigenvalue weighted by Gasteiger charge is -2.15. The van der Waals surface area contributed by atoms with Crippen molar-refractivity contribution in [1.82, 2.24) is 5.32 Å². The van der Waals surface area contributed by atoms with Crippen LogP contribution in [0.1, 0.15) is 29.3 Å². The van der Waals surface area contributed by atoms with E-state index in [2.05, 4.69) is 5.32 Å². The second-order valence-electron chi connectivity index (χ2n) is 4.04. The second kappa shape index (κ2) is 6.55. The van der Waals surface area contributed by atoms with Crippen LogP contribution in [0.2, 0.25) is 0 Å². The summed E-state index contributed by atoms with van der Waals surface area (Å²) in [5, 5.41) is 12.5. The molecule has 17 heavy (non-hydrogen) atoms. The van der Waals surface area contributed by atoms with E-state index in [-0.39, 0.29) is 17.7 Å². The third-order valence-corrected chi connectivity index (χ3v) is 3.40. The number of aryl methyl sites for hydroxylation is 1. The molecule has 0 saturated heterocycles. The van der Waals surface area contributed by atoms with Crippen molar-refractivity contribution in [3.8, 4) is 5.75 Å². The number of phenols is 1. The van der Waals surface area contributed by atoms with Crippen LogP contribution in [0, 0.1) is 6.92 Å². The van der Waals surface area contributed by atoms with Crippen molar-refractivity contribution in [2.45, 2.75) is 26.3 Å². The molecular formula is C13H19NO2S. The first-order chi connectivity index (χ1) is 8.08. The van der Waals surface area contributed by atoms with Gasteiger partial charge in [-0.05, 0) is 37.3 Å². The molecule has 0 aromatic heterocycles. The maximum atomic E-state index is 11.9. The van der Waals surface area contributed by atoms with E-state index in [1.54, 1.807) is 30.8 Å². The highest BCUT2D eigenvalue weighted by atomic mass is 32.2. The molecule has 0 radical (unpaired) electrons. The predicted octanol–water partition coefficient (Wildman–Crippen LogP) is 2.57. The number of carbonyl (C=O) groups is 1. The van der Waals surface area contributed by atoms with Crippen molar-refractivity contribution in [2.75, 3.05) is 12.0 Å². The fourth-order valence-electron chi connectivity index (χ4n) is 1.48. The van der Waals surface area contributed by atoms with Crippen LogP contribution in [0.15, 0.2) is 18.2 Å². The van der Waals surface area contributed by atoms with Gasteiger partial charge in [-0.2, -0.15) is 11.8 Å². The van der Waals surface area contributed by atoms with E-state index in [9.17, 15) is 9.90 Å². The van der Waals surface area contributed by atoms with Crippen molar-refractivity contribution in [3.05, 3.63) is 29.3 Å². The molecule has 1 aromatic carbocycles. The van der Waals surface area contributed by atoms with E-state index in [0.717, 1.165) is 17.7 Å². The molecule has 4 heteroatoms. The summed E-state index contributed by atoms with van der Waals surface area (Å²) in [6, 6.07) is 5.17. The summed E-state index contributed by atoms with van der Waals surface area (Å²) >= 11 is 1.71. The molecule has 0 aliphatic heterocycles. The van der Waals surface area contributed by atoms with E-state index < -0.39 is 0 Å². The first-order valence-electron chi connectivity index (χ1n) is 5.67. The number of carbonyl (C=O) groups excluding carboxylic acids is 1. The lowest BCUT2D eigenvalue weighted by atomic mass is 10.1. The Morgan fingerprint density at radius 1 is 1.53 bits per heavy atom. The molecule has 0 aliphatic rings. The lowest BCUT2D eigenvalue weighted by Crippen LogP contribution is -2.36. The van der Waals surface area contributed by atoms with E-state index in [4.69, 9.17) is 0 Å². The maximum Gasteiger partial charge on any atom is 0.251 e. The molecule has 2 N–H and O–H groups in total. The topological polar surface area (TPSA) is 49.3 Å². The normalized spacial score (nSPS) is 12.2. The molecule has 1 unspecified atom stereocenters. The smallest absolute Gasteiger partial charge is 0.251 e. The number of phenolic OH excluding ortho intramolecular Hbond substituents is 1. The number of benzene rings is 1. The summed E-state index contributed by atoms with van der Waals surface area (Å²) in [7, 11) is 0. The van der Waals surface area contributed by atoms with Gasteiger partial charge < -0.3 is 10.4 Å². The number of rotatable bonds is 5. The SMILES string of the molecule is CCC(CSC)NC(=O)c1ccc(C)c(O)c1. The zero-order valence-corrected chi connectivity index (χ0v) is 11.3. The molecular weight excluding hydrogens is 234 g/mol. The maximum absolute atomic E-state index is 11.9. The first-order valence-corrected chi connectivity index (χ1v) is 7.07. The molecule has 1 amide bonds. The molecule has 0 saturated carbocycles. The van der Waals surface area contributed by atoms with Gasteiger partial charge in [-0.15, -0.1) is 0 Å². The van der Waals surface area contributed by atoms with Crippen LogP contribution in [-0.2, 0) is 0 Å². The number of aromatic hydroxyl groups is 1. The number of nitrogens with one attached hydrogen (secondary N) is 1. The molecule has 0 bridgehead atoms. The van der Waals surface area contributed by atoms with Crippen LogP contribution in [0.4, 0.5) is 0 Å². The van der Waals surface area contributed by atoms with Gasteiger partial charge in [0, 0.05) is 17.4 Å². The van der Waals surface area contributed by atoms with Gasteiger partial charge in [-0.25, -0.2) is 0 Å². The largest absolute Gasteiger partial charge is 0.508 e. The minimum Gasteiger partial charge on any atom is -0.508 e. The Bertz CT molecular complexity index is 393. The summed E-state index contributed by atoms with van der Waals surface area (Å²) in [6.45, 7) is 3.85. The number of amides is 1. The molecule has 0 spiro atoms. The van der Waals surface area contributed by atoms with Gasteiger partial charge >= 0.3 is 0 Å². The molecule has 0 aliphatic carbocycles. The third-order valence-electron chi connectivity index (χ3n) is 2.67. The van der Waals surface area contributed by atoms with Crippen LogP contribution in [-0.4, -0.2) is 29.1 Å². The highest BCUT2D eigenvalue weighted by Crippen LogP contribution is 2.17. The Balaban J connectivity index is 2.72. The van der Waals surface area contributed by atoms with Crippen molar-refractivity contribution >= 4 is 17.7 Å². The highest BCUT2D eigenvalue weighted by Gasteiger charge is 2.12. The van der Waals surface area contributed by atoms with Crippen LogP contribution in [0.5, 0.6) is 5.75 Å². The summed E-state index contributed by atoms with van der Waals surface area (Å²) in [5.74, 6) is 0.942. The van der Waals surface area contributed by atoms with Gasteiger partial charge in [0.05, 0.1) is 0 Å². The zero-order chi connectivity index (χ0) is 12.8. The number of hydrogen-bond donors (Lipinski definition) is 2. The average Bonchev–Trinajstić information content (AvgIpc) is 2.31. The minimum atomic E-state index is -0.124. The van der Waals surface area contributed by atoms with Crippen LogP contribution >= 0.6 is 11.8 Å². The number of hydrogen-bond acceptors (Lipinski definition) is 3. The Morgan fingerprint density at radius 3 is 2.76 bits per heavy atom. The van der Waals surface area contributed by atoms with Crippen molar-refractivity contribution in [3.63, 3.8) is 0 Å². The lowest BCUT2D eigenvalue weighted by molar-refractivity contribution is 0.0939.